The highest BCUT2D eigenvalue weighted by atomic mass is 35.5. The summed E-state index contributed by atoms with van der Waals surface area (Å²) in [5, 5.41) is 3.29. The Kier molecular flexibility index (Phi) is 8.18. The molecule has 0 aliphatic carbocycles. The number of halogens is 2. The molecule has 0 atom stereocenters. The lowest BCUT2D eigenvalue weighted by Crippen LogP contribution is -2.40. The summed E-state index contributed by atoms with van der Waals surface area (Å²) < 4.78 is 27.8. The van der Waals surface area contributed by atoms with E-state index in [9.17, 15) is 18.0 Å². The van der Waals surface area contributed by atoms with Crippen molar-refractivity contribution in [1.82, 2.24) is 10.2 Å². The smallest absolute Gasteiger partial charge is 0.264 e. The van der Waals surface area contributed by atoms with Gasteiger partial charge in [0, 0.05) is 36.1 Å². The number of sulfonamides is 1. The van der Waals surface area contributed by atoms with Gasteiger partial charge in [-0.3, -0.25) is 13.9 Å². The first-order chi connectivity index (χ1) is 17.2. The maximum absolute atomic E-state index is 13.4. The highest BCUT2D eigenvalue weighted by Crippen LogP contribution is 2.29. The average Bonchev–Trinajstić information content (AvgIpc) is 3.25. The predicted molar refractivity (Wildman–Crippen MR) is 140 cm³/mol. The van der Waals surface area contributed by atoms with Crippen molar-refractivity contribution in [3.05, 3.63) is 94.0 Å². The summed E-state index contributed by atoms with van der Waals surface area (Å²) in [4.78, 5) is 26.7. The van der Waals surface area contributed by atoms with Gasteiger partial charge in [0.1, 0.15) is 6.54 Å². The van der Waals surface area contributed by atoms with Crippen LogP contribution in [0.1, 0.15) is 24.0 Å². The minimum absolute atomic E-state index is 0.0399. The molecule has 7 nitrogen and oxygen atoms in total. The Labute approximate surface area is 220 Å². The molecule has 1 aliphatic rings. The second-order valence-corrected chi connectivity index (χ2v) is 11.2. The van der Waals surface area contributed by atoms with Crippen LogP contribution >= 0.6 is 23.2 Å². The second kappa shape index (κ2) is 11.3. The van der Waals surface area contributed by atoms with E-state index < -0.39 is 22.5 Å². The molecule has 1 aliphatic heterocycles. The number of anilines is 1. The van der Waals surface area contributed by atoms with Crippen molar-refractivity contribution in [3.8, 4) is 0 Å². The quantitative estimate of drug-likeness (QED) is 0.424. The highest BCUT2D eigenvalue weighted by molar-refractivity contribution is 7.92. The van der Waals surface area contributed by atoms with Gasteiger partial charge in [0.15, 0.2) is 0 Å². The number of hydrogen-bond acceptors (Lipinski definition) is 4. The van der Waals surface area contributed by atoms with Crippen LogP contribution in [0.2, 0.25) is 10.0 Å². The fourth-order valence-electron chi connectivity index (χ4n) is 4.03. The number of rotatable bonds is 9. The summed E-state index contributed by atoms with van der Waals surface area (Å²) in [5.41, 5.74) is 2.00. The normalized spacial score (nSPS) is 13.6. The summed E-state index contributed by atoms with van der Waals surface area (Å²) in [5.74, 6) is -0.347. The molecule has 0 bridgehead atoms. The van der Waals surface area contributed by atoms with E-state index in [1.165, 1.54) is 30.3 Å². The monoisotopic (exact) mass is 545 g/mol. The molecule has 3 aromatic rings. The van der Waals surface area contributed by atoms with Crippen molar-refractivity contribution in [1.29, 1.82) is 0 Å². The molecule has 3 aromatic carbocycles. The molecule has 1 N–H and O–H groups in total. The molecule has 0 radical (unpaired) electrons. The molecule has 4 rings (SSSR count). The molecule has 2 amide bonds. The second-order valence-electron chi connectivity index (χ2n) is 8.47. The molecule has 0 spiro atoms. The van der Waals surface area contributed by atoms with Gasteiger partial charge in [-0.1, -0.05) is 65.7 Å². The summed E-state index contributed by atoms with van der Waals surface area (Å²) in [6.07, 6.45) is 1.45. The Bertz CT molecular complexity index is 1350. The Morgan fingerprint density at radius 1 is 0.944 bits per heavy atom. The third-order valence-electron chi connectivity index (χ3n) is 5.78. The van der Waals surface area contributed by atoms with Crippen molar-refractivity contribution in [2.45, 2.75) is 30.8 Å². The van der Waals surface area contributed by atoms with Gasteiger partial charge >= 0.3 is 0 Å². The van der Waals surface area contributed by atoms with Crippen LogP contribution in [0.4, 0.5) is 5.69 Å². The highest BCUT2D eigenvalue weighted by Gasteiger charge is 2.27. The zero-order chi connectivity index (χ0) is 25.7. The molecule has 0 aromatic heterocycles. The Balaban J connectivity index is 1.49. The predicted octanol–water partition coefficient (Wildman–Crippen LogP) is 4.63. The number of carbonyl (C=O) groups is 2. The van der Waals surface area contributed by atoms with Gasteiger partial charge in [-0.15, -0.1) is 0 Å². The van der Waals surface area contributed by atoms with Crippen molar-refractivity contribution < 1.29 is 18.0 Å². The van der Waals surface area contributed by atoms with Crippen LogP contribution in [-0.2, 0) is 32.7 Å². The topological polar surface area (TPSA) is 86.8 Å². The third kappa shape index (κ3) is 6.37. The third-order valence-corrected chi connectivity index (χ3v) is 8.00. The number of benzene rings is 3. The van der Waals surface area contributed by atoms with E-state index in [0.717, 1.165) is 28.4 Å². The van der Waals surface area contributed by atoms with Crippen molar-refractivity contribution in [2.24, 2.45) is 0 Å². The van der Waals surface area contributed by atoms with E-state index in [1.807, 2.05) is 29.2 Å². The number of nitrogens with zero attached hydrogens (tertiary/aromatic N) is 2. The first kappa shape index (κ1) is 26.0. The largest absolute Gasteiger partial charge is 0.350 e. The number of nitrogens with one attached hydrogen (secondary N) is 1. The SMILES string of the molecule is O=C(CN(c1cc(Cl)cc(Cl)c1)S(=O)(=O)c1ccccc1)NCc1cccc(CN2CCCC2=O)c1. The molecule has 1 heterocycles. The van der Waals surface area contributed by atoms with Gasteiger partial charge in [0.25, 0.3) is 10.0 Å². The van der Waals surface area contributed by atoms with E-state index in [2.05, 4.69) is 5.32 Å². The Morgan fingerprint density at radius 2 is 1.64 bits per heavy atom. The first-order valence-electron chi connectivity index (χ1n) is 11.4. The first-order valence-corrected chi connectivity index (χ1v) is 13.6. The zero-order valence-electron chi connectivity index (χ0n) is 19.4. The Hall–Kier alpha value is -3.07. The molecule has 1 fully saturated rings. The number of likely N-dealkylation sites (tertiary alicyclic amines) is 1. The van der Waals surface area contributed by atoms with Crippen LogP contribution in [-0.4, -0.2) is 38.2 Å². The van der Waals surface area contributed by atoms with Gasteiger partial charge in [-0.2, -0.15) is 0 Å². The Morgan fingerprint density at radius 3 is 2.31 bits per heavy atom. The van der Waals surface area contributed by atoms with Crippen LogP contribution in [0.15, 0.2) is 77.7 Å². The van der Waals surface area contributed by atoms with E-state index in [-0.39, 0.29) is 33.1 Å². The molecular formula is C26H25Cl2N3O4S. The van der Waals surface area contributed by atoms with Crippen molar-refractivity contribution >= 4 is 50.7 Å². The minimum Gasteiger partial charge on any atom is -0.350 e. The maximum Gasteiger partial charge on any atom is 0.264 e. The van der Waals surface area contributed by atoms with Gasteiger partial charge < -0.3 is 10.2 Å². The van der Waals surface area contributed by atoms with Crippen LogP contribution < -0.4 is 9.62 Å². The van der Waals surface area contributed by atoms with Gasteiger partial charge in [-0.05, 0) is 47.9 Å². The summed E-state index contributed by atoms with van der Waals surface area (Å²) in [6.45, 7) is 1.02. The number of carbonyl (C=O) groups excluding carboxylic acids is 2. The number of hydrogen-bond donors (Lipinski definition) is 1. The molecule has 1 saturated heterocycles. The number of amides is 2. The summed E-state index contributed by atoms with van der Waals surface area (Å²) >= 11 is 12.2. The molecule has 36 heavy (non-hydrogen) atoms. The van der Waals surface area contributed by atoms with Crippen LogP contribution in [0.3, 0.4) is 0 Å². The fourth-order valence-corrected chi connectivity index (χ4v) is 5.97. The molecule has 188 valence electrons. The lowest BCUT2D eigenvalue weighted by Gasteiger charge is -2.24. The van der Waals surface area contributed by atoms with E-state index >= 15 is 0 Å². The van der Waals surface area contributed by atoms with Crippen molar-refractivity contribution in [3.63, 3.8) is 0 Å². The van der Waals surface area contributed by atoms with E-state index in [0.29, 0.717) is 13.0 Å². The van der Waals surface area contributed by atoms with Crippen molar-refractivity contribution in [2.75, 3.05) is 17.4 Å². The van der Waals surface area contributed by atoms with Gasteiger partial charge in [0.2, 0.25) is 11.8 Å². The lowest BCUT2D eigenvalue weighted by molar-refractivity contribution is -0.128. The van der Waals surface area contributed by atoms with Gasteiger partial charge in [0.05, 0.1) is 10.6 Å². The van der Waals surface area contributed by atoms with E-state index in [4.69, 9.17) is 23.2 Å². The molecular weight excluding hydrogens is 521 g/mol. The molecule has 10 heteroatoms. The van der Waals surface area contributed by atoms with Crippen LogP contribution in [0.5, 0.6) is 0 Å². The van der Waals surface area contributed by atoms with E-state index in [1.54, 1.807) is 18.2 Å². The minimum atomic E-state index is -4.07. The summed E-state index contributed by atoms with van der Waals surface area (Å²) in [7, 11) is -4.07. The standard InChI is InChI=1S/C26H25Cl2N3O4S/c27-21-13-22(28)15-23(14-21)31(36(34,35)24-8-2-1-3-9-24)18-25(32)29-16-19-6-4-7-20(12-19)17-30-11-5-10-26(30)33/h1-4,6-9,12-15H,5,10-11,16-18H2,(H,29,32). The van der Waals surface area contributed by atoms with Crippen LogP contribution in [0, 0.1) is 0 Å². The zero-order valence-corrected chi connectivity index (χ0v) is 21.7. The molecule has 0 saturated carbocycles. The average molecular weight is 546 g/mol. The maximum atomic E-state index is 13.4. The van der Waals surface area contributed by atoms with Gasteiger partial charge in [-0.25, -0.2) is 8.42 Å². The lowest BCUT2D eigenvalue weighted by atomic mass is 10.1. The summed E-state index contributed by atoms with van der Waals surface area (Å²) in [6, 6.07) is 19.8. The van der Waals surface area contributed by atoms with Crippen LogP contribution in [0.25, 0.3) is 0 Å². The fraction of sp³-hybridized carbons (Fsp3) is 0.231. The molecule has 0 unspecified atom stereocenters.